The molecule has 0 saturated carbocycles. The summed E-state index contributed by atoms with van der Waals surface area (Å²) in [7, 11) is 0. The zero-order valence-corrected chi connectivity index (χ0v) is 9.49. The lowest BCUT2D eigenvalue weighted by Gasteiger charge is -2.04. The van der Waals surface area contributed by atoms with Gasteiger partial charge in [-0.2, -0.15) is 10.5 Å². The predicted molar refractivity (Wildman–Crippen MR) is 60.8 cm³/mol. The molecular weight excluding hydrogens is 259 g/mol. The van der Waals surface area contributed by atoms with Crippen LogP contribution in [0.3, 0.4) is 0 Å². The monoisotopic (exact) mass is 262 g/mol. The SMILES string of the molecule is N#Cc1[nH]c(=O)n(-c2ccc(Cl)cc2F)c1C#N. The van der Waals surface area contributed by atoms with Gasteiger partial charge in [0.1, 0.15) is 18.0 Å². The smallest absolute Gasteiger partial charge is 0.296 e. The first-order valence-electron chi connectivity index (χ1n) is 4.69. The van der Waals surface area contributed by atoms with E-state index in [1.165, 1.54) is 12.1 Å². The Balaban J connectivity index is 2.81. The summed E-state index contributed by atoms with van der Waals surface area (Å²) in [6.07, 6.45) is 0. The van der Waals surface area contributed by atoms with Crippen molar-refractivity contribution in [2.45, 2.75) is 0 Å². The third-order valence-electron chi connectivity index (χ3n) is 2.26. The predicted octanol–water partition coefficient (Wildman–Crippen LogP) is 1.70. The lowest BCUT2D eigenvalue weighted by molar-refractivity contribution is 0.616. The van der Waals surface area contributed by atoms with E-state index >= 15 is 0 Å². The molecule has 0 bridgehead atoms. The van der Waals surface area contributed by atoms with Crippen molar-refractivity contribution < 1.29 is 4.39 Å². The Morgan fingerprint density at radius 3 is 2.61 bits per heavy atom. The van der Waals surface area contributed by atoms with Crippen molar-refractivity contribution in [2.24, 2.45) is 0 Å². The van der Waals surface area contributed by atoms with Crippen molar-refractivity contribution in [3.63, 3.8) is 0 Å². The summed E-state index contributed by atoms with van der Waals surface area (Å²) in [6, 6.07) is 7.00. The molecular formula is C11H4ClFN4O. The van der Waals surface area contributed by atoms with Gasteiger partial charge in [-0.05, 0) is 18.2 Å². The van der Waals surface area contributed by atoms with Gasteiger partial charge < -0.3 is 0 Å². The molecule has 2 aromatic rings. The molecule has 0 amide bonds. The first-order chi connectivity index (χ1) is 8.58. The molecule has 7 heteroatoms. The highest BCUT2D eigenvalue weighted by atomic mass is 35.5. The Morgan fingerprint density at radius 2 is 2.06 bits per heavy atom. The van der Waals surface area contributed by atoms with E-state index in [2.05, 4.69) is 4.98 Å². The number of H-pyrrole nitrogens is 1. The highest BCUT2D eigenvalue weighted by Gasteiger charge is 2.17. The highest BCUT2D eigenvalue weighted by Crippen LogP contribution is 2.19. The van der Waals surface area contributed by atoms with Crippen LogP contribution in [0.5, 0.6) is 0 Å². The average Bonchev–Trinajstić information content (AvgIpc) is 2.65. The average molecular weight is 263 g/mol. The molecule has 18 heavy (non-hydrogen) atoms. The van der Waals surface area contributed by atoms with Gasteiger partial charge in [0.05, 0.1) is 5.69 Å². The Hall–Kier alpha value is -2.57. The van der Waals surface area contributed by atoms with Crippen molar-refractivity contribution in [2.75, 3.05) is 0 Å². The van der Waals surface area contributed by atoms with E-state index in [0.717, 1.165) is 10.6 Å². The summed E-state index contributed by atoms with van der Waals surface area (Å²) in [5, 5.41) is 17.8. The molecule has 0 radical (unpaired) electrons. The number of rotatable bonds is 1. The van der Waals surface area contributed by atoms with Gasteiger partial charge in [-0.1, -0.05) is 11.6 Å². The normalized spacial score (nSPS) is 9.78. The van der Waals surface area contributed by atoms with Gasteiger partial charge in [0.15, 0.2) is 11.4 Å². The van der Waals surface area contributed by atoms with Gasteiger partial charge in [-0.15, -0.1) is 0 Å². The fourth-order valence-electron chi connectivity index (χ4n) is 1.51. The zero-order chi connectivity index (χ0) is 13.3. The third-order valence-corrected chi connectivity index (χ3v) is 2.50. The summed E-state index contributed by atoms with van der Waals surface area (Å²) < 4.78 is 14.5. The van der Waals surface area contributed by atoms with Gasteiger partial charge in [-0.25, -0.2) is 13.8 Å². The van der Waals surface area contributed by atoms with Crippen molar-refractivity contribution >= 4 is 11.6 Å². The first kappa shape index (κ1) is 11.9. The molecule has 0 aliphatic carbocycles. The van der Waals surface area contributed by atoms with E-state index in [1.807, 2.05) is 0 Å². The van der Waals surface area contributed by atoms with Gasteiger partial charge in [0.25, 0.3) is 0 Å². The van der Waals surface area contributed by atoms with Crippen LogP contribution in [0.25, 0.3) is 5.69 Å². The molecule has 1 heterocycles. The number of nitrogens with zero attached hydrogens (tertiary/aromatic N) is 3. The van der Waals surface area contributed by atoms with Crippen LogP contribution >= 0.6 is 11.6 Å². The van der Waals surface area contributed by atoms with Crippen LogP contribution in [-0.4, -0.2) is 9.55 Å². The van der Waals surface area contributed by atoms with Crippen LogP contribution in [0.15, 0.2) is 23.0 Å². The number of benzene rings is 1. The number of hydrogen-bond acceptors (Lipinski definition) is 3. The maximum atomic E-state index is 13.7. The number of imidazole rings is 1. The zero-order valence-electron chi connectivity index (χ0n) is 8.74. The second-order valence-electron chi connectivity index (χ2n) is 3.31. The highest BCUT2D eigenvalue weighted by molar-refractivity contribution is 6.30. The maximum absolute atomic E-state index is 13.7. The Morgan fingerprint density at radius 1 is 1.33 bits per heavy atom. The molecule has 0 aliphatic heterocycles. The summed E-state index contributed by atoms with van der Waals surface area (Å²) >= 11 is 5.60. The van der Waals surface area contributed by atoms with Crippen LogP contribution in [0.1, 0.15) is 11.4 Å². The van der Waals surface area contributed by atoms with Crippen LogP contribution in [-0.2, 0) is 0 Å². The minimum atomic E-state index is -0.760. The summed E-state index contributed by atoms with van der Waals surface area (Å²) in [5.41, 5.74) is -1.36. The van der Waals surface area contributed by atoms with Crippen molar-refractivity contribution in [3.8, 4) is 17.8 Å². The van der Waals surface area contributed by atoms with Crippen LogP contribution in [0.4, 0.5) is 4.39 Å². The van der Waals surface area contributed by atoms with Gasteiger partial charge >= 0.3 is 5.69 Å². The molecule has 0 saturated heterocycles. The van der Waals surface area contributed by atoms with Gasteiger partial charge in [-0.3, -0.25) is 4.98 Å². The second kappa shape index (κ2) is 4.36. The van der Waals surface area contributed by atoms with Crippen molar-refractivity contribution in [3.05, 3.63) is 50.9 Å². The molecule has 0 spiro atoms. The fraction of sp³-hybridized carbons (Fsp3) is 0. The number of aromatic nitrogens is 2. The lowest BCUT2D eigenvalue weighted by Crippen LogP contribution is -2.17. The minimum absolute atomic E-state index is 0.140. The number of halogens is 2. The van der Waals surface area contributed by atoms with E-state index in [-0.39, 0.29) is 22.1 Å². The second-order valence-corrected chi connectivity index (χ2v) is 3.74. The summed E-state index contributed by atoms with van der Waals surface area (Å²) in [6.45, 7) is 0. The number of aromatic amines is 1. The number of nitriles is 2. The van der Waals surface area contributed by atoms with E-state index in [1.54, 1.807) is 12.1 Å². The molecule has 1 aromatic heterocycles. The van der Waals surface area contributed by atoms with Crippen LogP contribution in [0.2, 0.25) is 5.02 Å². The summed E-state index contributed by atoms with van der Waals surface area (Å²) in [5.74, 6) is -0.760. The topological polar surface area (TPSA) is 85.4 Å². The largest absolute Gasteiger partial charge is 0.332 e. The molecule has 88 valence electrons. The lowest BCUT2D eigenvalue weighted by atomic mass is 10.3. The van der Waals surface area contributed by atoms with Crippen molar-refractivity contribution in [1.82, 2.24) is 9.55 Å². The van der Waals surface area contributed by atoms with Crippen LogP contribution in [0, 0.1) is 28.5 Å². The molecule has 1 aromatic carbocycles. The molecule has 1 N–H and O–H groups in total. The number of hydrogen-bond donors (Lipinski definition) is 1. The van der Waals surface area contributed by atoms with Gasteiger partial charge in [0, 0.05) is 5.02 Å². The first-order valence-corrected chi connectivity index (χ1v) is 5.07. The molecule has 2 rings (SSSR count). The molecule has 0 atom stereocenters. The van der Waals surface area contributed by atoms with Crippen LogP contribution < -0.4 is 5.69 Å². The standard InChI is InChI=1S/C11H4ClFN4O/c12-6-1-2-9(7(13)3-6)17-10(5-15)8(4-14)16-11(17)18/h1-3H,(H,16,18). The van der Waals surface area contributed by atoms with Crippen molar-refractivity contribution in [1.29, 1.82) is 10.5 Å². The van der Waals surface area contributed by atoms with E-state index < -0.39 is 11.5 Å². The van der Waals surface area contributed by atoms with E-state index in [4.69, 9.17) is 22.1 Å². The quantitative estimate of drug-likeness (QED) is 0.849. The Bertz CT molecular complexity index is 763. The summed E-state index contributed by atoms with van der Waals surface area (Å²) in [4.78, 5) is 13.8. The van der Waals surface area contributed by atoms with Gasteiger partial charge in [0.2, 0.25) is 0 Å². The molecule has 5 nitrogen and oxygen atoms in total. The molecule has 0 unspecified atom stereocenters. The molecule has 0 aliphatic rings. The fourth-order valence-corrected chi connectivity index (χ4v) is 1.67. The minimum Gasteiger partial charge on any atom is -0.296 e. The maximum Gasteiger partial charge on any atom is 0.332 e. The third kappa shape index (κ3) is 1.75. The number of nitrogens with one attached hydrogen (secondary N) is 1. The van der Waals surface area contributed by atoms with E-state index in [9.17, 15) is 9.18 Å². The molecule has 0 fully saturated rings. The Labute approximate surface area is 105 Å². The van der Waals surface area contributed by atoms with E-state index in [0.29, 0.717) is 0 Å². The Kier molecular flexibility index (Phi) is 2.88.